The standard InChI is InChI=1S/C10H22O.3C8H18N.Ti/c1-2-3-4-5-6-7-8-9-10-11;3*1-3-5-7-9-8-6-4-2;/h11H,2-10H2,1H3;3*3-8H2,1-2H3;/q;3*-1;+3. The Morgan fingerprint density at radius 3 is 0.718 bits per heavy atom. The molecule has 1 radical (unpaired) electrons. The third-order valence-corrected chi connectivity index (χ3v) is 6.03. The van der Waals surface area contributed by atoms with Crippen LogP contribution in [0.2, 0.25) is 0 Å². The molecule has 0 unspecified atom stereocenters. The van der Waals surface area contributed by atoms with Gasteiger partial charge < -0.3 is 21.1 Å². The van der Waals surface area contributed by atoms with Gasteiger partial charge in [0.25, 0.3) is 0 Å². The Bertz CT molecular complexity index is 264. The normalized spacial score (nSPS) is 9.85. The van der Waals surface area contributed by atoms with E-state index in [9.17, 15) is 0 Å². The predicted molar refractivity (Wildman–Crippen MR) is 178 cm³/mol. The van der Waals surface area contributed by atoms with Crippen LogP contribution in [0.1, 0.15) is 177 Å². The summed E-state index contributed by atoms with van der Waals surface area (Å²) in [6, 6.07) is 0. The molecule has 237 valence electrons. The largest absolute Gasteiger partial charge is 3.00 e. The van der Waals surface area contributed by atoms with Gasteiger partial charge in [0.15, 0.2) is 0 Å². The SMILES string of the molecule is CCCCCCCCCCO.CCCC[N-]CCCC.CCCC[N-]CCCC.CCCC[N-]CCCC.[Ti+3]. The molecular weight excluding hydrogens is 514 g/mol. The van der Waals surface area contributed by atoms with Crippen molar-refractivity contribution in [1.82, 2.24) is 0 Å². The van der Waals surface area contributed by atoms with E-state index < -0.39 is 0 Å². The minimum atomic E-state index is 0. The average Bonchev–Trinajstić information content (AvgIpc) is 2.94. The molecule has 0 aliphatic carbocycles. The second-order valence-corrected chi connectivity index (χ2v) is 10.3. The first-order valence-electron chi connectivity index (χ1n) is 17.2. The molecule has 0 atom stereocenters. The van der Waals surface area contributed by atoms with E-state index in [-0.39, 0.29) is 21.7 Å². The van der Waals surface area contributed by atoms with E-state index in [2.05, 4.69) is 64.4 Å². The van der Waals surface area contributed by atoms with Crippen LogP contribution in [0, 0.1) is 0 Å². The molecule has 0 aliphatic rings. The van der Waals surface area contributed by atoms with E-state index in [0.717, 1.165) is 45.7 Å². The summed E-state index contributed by atoms with van der Waals surface area (Å²) in [4.78, 5) is 0. The molecule has 0 bridgehead atoms. The molecule has 0 spiro atoms. The van der Waals surface area contributed by atoms with Gasteiger partial charge in [-0.25, -0.2) is 0 Å². The predicted octanol–water partition coefficient (Wildman–Crippen LogP) is 12.0. The van der Waals surface area contributed by atoms with Gasteiger partial charge in [0.05, 0.1) is 0 Å². The van der Waals surface area contributed by atoms with E-state index in [4.69, 9.17) is 5.11 Å². The number of nitrogens with zero attached hydrogens (tertiary/aromatic N) is 3. The number of hydrogen-bond acceptors (Lipinski definition) is 1. The summed E-state index contributed by atoms with van der Waals surface area (Å²) < 4.78 is 0. The molecule has 0 aromatic heterocycles. The molecule has 39 heavy (non-hydrogen) atoms. The Balaban J connectivity index is -0.000000131. The first kappa shape index (κ1) is 49.2. The number of aliphatic hydroxyl groups excluding tert-OH is 1. The van der Waals surface area contributed by atoms with E-state index in [1.165, 1.54) is 122 Å². The molecule has 1 N–H and O–H groups in total. The summed E-state index contributed by atoms with van der Waals surface area (Å²) in [5.41, 5.74) is 0. The quantitative estimate of drug-likeness (QED) is 0.0790. The van der Waals surface area contributed by atoms with E-state index >= 15 is 0 Å². The molecule has 0 aromatic carbocycles. The zero-order valence-electron chi connectivity index (χ0n) is 28.4. The van der Waals surface area contributed by atoms with Crippen LogP contribution < -0.4 is 0 Å². The number of unbranched alkanes of at least 4 members (excludes halogenated alkanes) is 13. The number of rotatable bonds is 26. The fraction of sp³-hybridized carbons (Fsp3) is 1.00. The first-order valence-corrected chi connectivity index (χ1v) is 17.2. The molecular formula is C34H76N3OTi. The van der Waals surface area contributed by atoms with Gasteiger partial charge in [-0.3, -0.25) is 0 Å². The van der Waals surface area contributed by atoms with Crippen molar-refractivity contribution >= 4 is 0 Å². The van der Waals surface area contributed by atoms with Crippen LogP contribution >= 0.6 is 0 Å². The van der Waals surface area contributed by atoms with Crippen molar-refractivity contribution in [3.8, 4) is 0 Å². The van der Waals surface area contributed by atoms with Gasteiger partial charge in [0.1, 0.15) is 0 Å². The molecule has 5 heteroatoms. The second kappa shape index (κ2) is 58.2. The summed E-state index contributed by atoms with van der Waals surface area (Å²) in [5.74, 6) is 0. The van der Waals surface area contributed by atoms with Crippen LogP contribution in [0.15, 0.2) is 0 Å². The molecule has 0 aliphatic heterocycles. The van der Waals surface area contributed by atoms with Gasteiger partial charge in [-0.2, -0.15) is 0 Å². The molecule has 0 heterocycles. The molecule has 0 aromatic rings. The summed E-state index contributed by atoms with van der Waals surface area (Å²) >= 11 is 0. The van der Waals surface area contributed by atoms with E-state index in [1.54, 1.807) is 0 Å². The molecule has 0 saturated heterocycles. The molecule has 0 fully saturated rings. The number of hydrogen-bond donors (Lipinski definition) is 1. The minimum absolute atomic E-state index is 0. The Hall–Kier alpha value is 0.554. The minimum Gasteiger partial charge on any atom is -0.662 e. The summed E-state index contributed by atoms with van der Waals surface area (Å²) in [6.45, 7) is 22.3. The third-order valence-electron chi connectivity index (χ3n) is 6.03. The van der Waals surface area contributed by atoms with Crippen molar-refractivity contribution in [2.45, 2.75) is 177 Å². The Labute approximate surface area is 264 Å². The molecule has 4 nitrogen and oxygen atoms in total. The van der Waals surface area contributed by atoms with Gasteiger partial charge >= 0.3 is 21.7 Å². The topological polar surface area (TPSA) is 62.5 Å². The zero-order valence-corrected chi connectivity index (χ0v) is 29.9. The van der Waals surface area contributed by atoms with Crippen LogP contribution in [-0.2, 0) is 21.7 Å². The molecule has 0 rings (SSSR count). The molecule has 0 amide bonds. The maximum Gasteiger partial charge on any atom is 3.00 e. The Kier molecular flexibility index (Phi) is 73.5. The van der Waals surface area contributed by atoms with Crippen LogP contribution in [0.5, 0.6) is 0 Å². The van der Waals surface area contributed by atoms with E-state index in [0.29, 0.717) is 6.61 Å². The van der Waals surface area contributed by atoms with Crippen molar-refractivity contribution in [3.05, 3.63) is 16.0 Å². The summed E-state index contributed by atoms with van der Waals surface area (Å²) in [5, 5.41) is 21.6. The number of aliphatic hydroxyl groups is 1. The van der Waals surface area contributed by atoms with Crippen molar-refractivity contribution in [3.63, 3.8) is 0 Å². The van der Waals surface area contributed by atoms with Crippen LogP contribution in [0.4, 0.5) is 0 Å². The van der Waals surface area contributed by atoms with Gasteiger partial charge in [-0.15, -0.1) is 39.3 Å². The second-order valence-electron chi connectivity index (χ2n) is 10.3. The summed E-state index contributed by atoms with van der Waals surface area (Å²) in [7, 11) is 0. The van der Waals surface area contributed by atoms with E-state index in [1.807, 2.05) is 0 Å². The first-order chi connectivity index (χ1) is 18.7. The van der Waals surface area contributed by atoms with Crippen LogP contribution in [-0.4, -0.2) is 51.0 Å². The van der Waals surface area contributed by atoms with Crippen molar-refractivity contribution in [1.29, 1.82) is 0 Å². The van der Waals surface area contributed by atoms with Gasteiger partial charge in [-0.05, 0) is 6.42 Å². The van der Waals surface area contributed by atoms with Gasteiger partial charge in [0.2, 0.25) is 0 Å². The van der Waals surface area contributed by atoms with Gasteiger partial charge in [0, 0.05) is 6.61 Å². The fourth-order valence-electron chi connectivity index (χ4n) is 3.20. The Morgan fingerprint density at radius 2 is 0.513 bits per heavy atom. The average molecular weight is 591 g/mol. The van der Waals surface area contributed by atoms with Crippen molar-refractivity contribution in [2.75, 3.05) is 45.9 Å². The summed E-state index contributed by atoms with van der Waals surface area (Å²) in [6.07, 6.45) is 25.6. The third kappa shape index (κ3) is 73.1. The molecule has 0 saturated carbocycles. The smallest absolute Gasteiger partial charge is 0.662 e. The Morgan fingerprint density at radius 1 is 0.308 bits per heavy atom. The fourth-order valence-corrected chi connectivity index (χ4v) is 3.20. The monoisotopic (exact) mass is 591 g/mol. The maximum absolute atomic E-state index is 8.51. The van der Waals surface area contributed by atoms with Crippen LogP contribution in [0.25, 0.3) is 16.0 Å². The zero-order chi connectivity index (χ0) is 29.2. The maximum atomic E-state index is 8.51. The van der Waals surface area contributed by atoms with Crippen molar-refractivity contribution < 1.29 is 26.8 Å². The van der Waals surface area contributed by atoms with Crippen molar-refractivity contribution in [2.24, 2.45) is 0 Å². The van der Waals surface area contributed by atoms with Crippen LogP contribution in [0.3, 0.4) is 0 Å². The van der Waals surface area contributed by atoms with Gasteiger partial charge in [-0.1, -0.05) is 170 Å².